The van der Waals surface area contributed by atoms with Gasteiger partial charge in [-0.2, -0.15) is 0 Å². The van der Waals surface area contributed by atoms with Crippen molar-refractivity contribution in [2.24, 2.45) is 0 Å². The molecule has 2 N–H and O–H groups in total. The minimum Gasteiger partial charge on any atom is -0.387 e. The van der Waals surface area contributed by atoms with Crippen molar-refractivity contribution in [1.29, 1.82) is 0 Å². The highest BCUT2D eigenvalue weighted by Crippen LogP contribution is 2.27. The number of nitrogens with one attached hydrogen (secondary N) is 1. The summed E-state index contributed by atoms with van der Waals surface area (Å²) in [6, 6.07) is 8.26. The molecule has 0 spiro atoms. The van der Waals surface area contributed by atoms with Crippen LogP contribution in [0.3, 0.4) is 0 Å². The number of hydrogen-bond donors (Lipinski definition) is 2. The number of aliphatic hydroxyl groups excluding tert-OH is 1. The standard InChI is InChI=1S/C15H22ClNO/c1-2-5-13-8-4-9-14(17-13)15(18)11-6-3-7-12(16)10-11/h3,6-7,10,13-15,17-18H,2,4-5,8-9H2,1H3/t13-,14+,15-/m1/s1. The van der Waals surface area contributed by atoms with E-state index in [1.165, 1.54) is 25.7 Å². The second kappa shape index (κ2) is 6.55. The molecule has 0 radical (unpaired) electrons. The second-order valence-electron chi connectivity index (χ2n) is 5.19. The molecular weight excluding hydrogens is 246 g/mol. The molecule has 1 aliphatic rings. The Balaban J connectivity index is 2.02. The maximum Gasteiger partial charge on any atom is 0.0943 e. The van der Waals surface area contributed by atoms with Crippen LogP contribution < -0.4 is 5.32 Å². The lowest BCUT2D eigenvalue weighted by Gasteiger charge is -2.34. The first kappa shape index (κ1) is 13.9. The van der Waals surface area contributed by atoms with Gasteiger partial charge in [0.2, 0.25) is 0 Å². The fourth-order valence-electron chi connectivity index (χ4n) is 2.80. The van der Waals surface area contributed by atoms with Crippen molar-refractivity contribution in [3.63, 3.8) is 0 Å². The van der Waals surface area contributed by atoms with E-state index in [4.69, 9.17) is 11.6 Å². The van der Waals surface area contributed by atoms with Crippen LogP contribution in [0.25, 0.3) is 0 Å². The Labute approximate surface area is 114 Å². The van der Waals surface area contributed by atoms with Crippen molar-refractivity contribution in [3.05, 3.63) is 34.9 Å². The summed E-state index contributed by atoms with van der Waals surface area (Å²) in [5.41, 5.74) is 0.914. The fourth-order valence-corrected chi connectivity index (χ4v) is 3.00. The average Bonchev–Trinajstić information content (AvgIpc) is 2.39. The van der Waals surface area contributed by atoms with Gasteiger partial charge in [0.05, 0.1) is 6.10 Å². The number of halogens is 1. The molecule has 3 atom stereocenters. The Hall–Kier alpha value is -0.570. The zero-order valence-corrected chi connectivity index (χ0v) is 11.7. The molecule has 2 rings (SSSR count). The number of aliphatic hydroxyl groups is 1. The first-order chi connectivity index (χ1) is 8.70. The Morgan fingerprint density at radius 1 is 1.44 bits per heavy atom. The fraction of sp³-hybridized carbons (Fsp3) is 0.600. The van der Waals surface area contributed by atoms with Gasteiger partial charge in [-0.3, -0.25) is 0 Å². The molecule has 0 bridgehead atoms. The molecule has 0 aromatic heterocycles. The highest BCUT2D eigenvalue weighted by molar-refractivity contribution is 6.30. The van der Waals surface area contributed by atoms with Crippen LogP contribution in [-0.4, -0.2) is 17.2 Å². The summed E-state index contributed by atoms with van der Waals surface area (Å²) < 4.78 is 0. The lowest BCUT2D eigenvalue weighted by atomic mass is 9.90. The Morgan fingerprint density at radius 3 is 3.00 bits per heavy atom. The molecule has 2 nitrogen and oxygen atoms in total. The van der Waals surface area contributed by atoms with E-state index in [9.17, 15) is 5.11 Å². The summed E-state index contributed by atoms with van der Waals surface area (Å²) in [6.45, 7) is 2.21. The van der Waals surface area contributed by atoms with E-state index in [2.05, 4.69) is 12.2 Å². The normalized spacial score (nSPS) is 25.9. The molecule has 1 fully saturated rings. The average molecular weight is 268 g/mol. The van der Waals surface area contributed by atoms with Crippen LogP contribution in [-0.2, 0) is 0 Å². The zero-order chi connectivity index (χ0) is 13.0. The lowest BCUT2D eigenvalue weighted by molar-refractivity contribution is 0.0998. The molecule has 100 valence electrons. The highest BCUT2D eigenvalue weighted by Gasteiger charge is 2.26. The zero-order valence-electron chi connectivity index (χ0n) is 10.9. The molecular formula is C15H22ClNO. The maximum absolute atomic E-state index is 10.4. The van der Waals surface area contributed by atoms with Gasteiger partial charge in [-0.15, -0.1) is 0 Å². The third kappa shape index (κ3) is 3.47. The number of piperidine rings is 1. The number of hydrogen-bond acceptors (Lipinski definition) is 2. The predicted octanol–water partition coefficient (Wildman–Crippen LogP) is 3.68. The van der Waals surface area contributed by atoms with Gasteiger partial charge in [-0.1, -0.05) is 43.5 Å². The quantitative estimate of drug-likeness (QED) is 0.872. The van der Waals surface area contributed by atoms with E-state index < -0.39 is 6.10 Å². The van der Waals surface area contributed by atoms with Gasteiger partial charge in [0.15, 0.2) is 0 Å². The van der Waals surface area contributed by atoms with Crippen molar-refractivity contribution >= 4 is 11.6 Å². The van der Waals surface area contributed by atoms with Crippen molar-refractivity contribution in [1.82, 2.24) is 5.32 Å². The molecule has 1 aliphatic heterocycles. The minimum absolute atomic E-state index is 0.161. The van der Waals surface area contributed by atoms with E-state index in [0.29, 0.717) is 11.1 Å². The van der Waals surface area contributed by atoms with E-state index in [1.54, 1.807) is 0 Å². The van der Waals surface area contributed by atoms with Crippen LogP contribution in [0, 0.1) is 0 Å². The van der Waals surface area contributed by atoms with Crippen molar-refractivity contribution in [2.45, 2.75) is 57.2 Å². The van der Waals surface area contributed by atoms with Crippen molar-refractivity contribution < 1.29 is 5.11 Å². The Bertz CT molecular complexity index is 381. The largest absolute Gasteiger partial charge is 0.387 e. The summed E-state index contributed by atoms with van der Waals surface area (Å²) in [7, 11) is 0. The highest BCUT2D eigenvalue weighted by atomic mass is 35.5. The maximum atomic E-state index is 10.4. The molecule has 3 heteroatoms. The summed E-state index contributed by atoms with van der Waals surface area (Å²) in [5, 5.41) is 14.7. The van der Waals surface area contributed by atoms with Crippen LogP contribution in [0.1, 0.15) is 50.7 Å². The summed E-state index contributed by atoms with van der Waals surface area (Å²) >= 11 is 5.97. The Kier molecular flexibility index (Phi) is 5.04. The number of rotatable bonds is 4. The number of benzene rings is 1. The second-order valence-corrected chi connectivity index (χ2v) is 5.63. The molecule has 1 aromatic rings. The van der Waals surface area contributed by atoms with Gasteiger partial charge < -0.3 is 10.4 Å². The summed E-state index contributed by atoms with van der Waals surface area (Å²) in [4.78, 5) is 0. The summed E-state index contributed by atoms with van der Waals surface area (Å²) in [5.74, 6) is 0. The molecule has 0 saturated carbocycles. The molecule has 0 unspecified atom stereocenters. The molecule has 1 saturated heterocycles. The SMILES string of the molecule is CCC[C@@H]1CCC[C@@H]([C@H](O)c2cccc(Cl)c2)N1. The van der Waals surface area contributed by atoms with Gasteiger partial charge in [0.1, 0.15) is 0 Å². The van der Waals surface area contributed by atoms with Crippen molar-refractivity contribution in [3.8, 4) is 0 Å². The monoisotopic (exact) mass is 267 g/mol. The third-order valence-electron chi connectivity index (χ3n) is 3.73. The van der Waals surface area contributed by atoms with Gasteiger partial charge >= 0.3 is 0 Å². The van der Waals surface area contributed by atoms with Crippen LogP contribution in [0.15, 0.2) is 24.3 Å². The lowest BCUT2D eigenvalue weighted by Crippen LogP contribution is -2.45. The first-order valence-corrected chi connectivity index (χ1v) is 7.28. The minimum atomic E-state index is -0.455. The Morgan fingerprint density at radius 2 is 2.28 bits per heavy atom. The molecule has 1 aromatic carbocycles. The topological polar surface area (TPSA) is 32.3 Å². The van der Waals surface area contributed by atoms with Crippen LogP contribution >= 0.6 is 11.6 Å². The van der Waals surface area contributed by atoms with E-state index in [-0.39, 0.29) is 6.04 Å². The van der Waals surface area contributed by atoms with Crippen molar-refractivity contribution in [2.75, 3.05) is 0 Å². The first-order valence-electron chi connectivity index (χ1n) is 6.90. The molecule has 0 amide bonds. The molecule has 18 heavy (non-hydrogen) atoms. The van der Waals surface area contributed by atoms with Crippen LogP contribution in [0.2, 0.25) is 5.02 Å². The molecule has 1 heterocycles. The summed E-state index contributed by atoms with van der Waals surface area (Å²) in [6.07, 6.45) is 5.39. The van der Waals surface area contributed by atoms with Crippen LogP contribution in [0.4, 0.5) is 0 Å². The van der Waals surface area contributed by atoms with E-state index in [1.807, 2.05) is 24.3 Å². The van der Waals surface area contributed by atoms with Gasteiger partial charge in [0.25, 0.3) is 0 Å². The van der Waals surface area contributed by atoms with Crippen LogP contribution in [0.5, 0.6) is 0 Å². The van der Waals surface area contributed by atoms with E-state index in [0.717, 1.165) is 12.0 Å². The predicted molar refractivity (Wildman–Crippen MR) is 75.9 cm³/mol. The van der Waals surface area contributed by atoms with Gasteiger partial charge in [-0.25, -0.2) is 0 Å². The third-order valence-corrected chi connectivity index (χ3v) is 3.96. The smallest absolute Gasteiger partial charge is 0.0943 e. The van der Waals surface area contributed by atoms with Gasteiger partial charge in [-0.05, 0) is 37.0 Å². The molecule has 0 aliphatic carbocycles. The van der Waals surface area contributed by atoms with Gasteiger partial charge in [0, 0.05) is 17.1 Å². The van der Waals surface area contributed by atoms with E-state index >= 15 is 0 Å².